The molecule has 2 rings (SSSR count). The quantitative estimate of drug-likeness (QED) is 0.775. The van der Waals surface area contributed by atoms with Crippen molar-refractivity contribution in [2.45, 2.75) is 38.1 Å². The predicted octanol–water partition coefficient (Wildman–Crippen LogP) is 1.91. The Kier molecular flexibility index (Phi) is 4.96. The zero-order valence-corrected chi connectivity index (χ0v) is 12.7. The molecule has 5 heteroatoms. The first-order valence-corrected chi connectivity index (χ1v) is 7.50. The Morgan fingerprint density at radius 1 is 1.29 bits per heavy atom. The van der Waals surface area contributed by atoms with E-state index in [9.17, 15) is 9.59 Å². The van der Waals surface area contributed by atoms with Gasteiger partial charge in [0.1, 0.15) is 0 Å². The molecule has 1 heterocycles. The summed E-state index contributed by atoms with van der Waals surface area (Å²) in [5, 5.41) is 8.89. The standard InChI is InChI=1S/C16H23N3O2/c1-3-9-16(10-4-11-18-16)15(21)19-13-7-5-12(6-8-13)14(20)17-2/h5-8,18H,3-4,9-11H2,1-2H3,(H,17,20)(H,19,21). The topological polar surface area (TPSA) is 70.2 Å². The maximum Gasteiger partial charge on any atom is 0.251 e. The second kappa shape index (κ2) is 6.72. The number of nitrogens with one attached hydrogen (secondary N) is 3. The summed E-state index contributed by atoms with van der Waals surface area (Å²) in [6.45, 7) is 2.98. The number of anilines is 1. The monoisotopic (exact) mass is 289 g/mol. The molecule has 5 nitrogen and oxygen atoms in total. The number of hydrogen-bond donors (Lipinski definition) is 3. The van der Waals surface area contributed by atoms with Crippen molar-refractivity contribution in [3.63, 3.8) is 0 Å². The van der Waals surface area contributed by atoms with E-state index in [1.807, 2.05) is 0 Å². The van der Waals surface area contributed by atoms with E-state index in [2.05, 4.69) is 22.9 Å². The van der Waals surface area contributed by atoms with Gasteiger partial charge in [0.15, 0.2) is 0 Å². The summed E-state index contributed by atoms with van der Waals surface area (Å²) in [4.78, 5) is 24.0. The van der Waals surface area contributed by atoms with Gasteiger partial charge in [0.05, 0.1) is 5.54 Å². The molecule has 1 aliphatic heterocycles. The van der Waals surface area contributed by atoms with Crippen LogP contribution in [0, 0.1) is 0 Å². The lowest BCUT2D eigenvalue weighted by Gasteiger charge is -2.27. The number of rotatable bonds is 5. The Bertz CT molecular complexity index is 505. The smallest absolute Gasteiger partial charge is 0.251 e. The summed E-state index contributed by atoms with van der Waals surface area (Å²) < 4.78 is 0. The fraction of sp³-hybridized carbons (Fsp3) is 0.500. The molecule has 0 aliphatic carbocycles. The first kappa shape index (κ1) is 15.5. The van der Waals surface area contributed by atoms with Crippen molar-refractivity contribution >= 4 is 17.5 Å². The minimum absolute atomic E-state index is 0.0227. The van der Waals surface area contributed by atoms with Crippen molar-refractivity contribution in [3.8, 4) is 0 Å². The first-order valence-electron chi connectivity index (χ1n) is 7.50. The van der Waals surface area contributed by atoms with Gasteiger partial charge in [0, 0.05) is 18.3 Å². The average Bonchev–Trinajstić information content (AvgIpc) is 2.97. The van der Waals surface area contributed by atoms with E-state index in [1.165, 1.54) is 0 Å². The van der Waals surface area contributed by atoms with E-state index in [0.717, 1.165) is 37.9 Å². The van der Waals surface area contributed by atoms with Crippen molar-refractivity contribution in [1.29, 1.82) is 0 Å². The van der Waals surface area contributed by atoms with Gasteiger partial charge in [-0.2, -0.15) is 0 Å². The SMILES string of the molecule is CCCC1(C(=O)Nc2ccc(C(=O)NC)cc2)CCCN1. The van der Waals surface area contributed by atoms with Crippen LogP contribution in [0.15, 0.2) is 24.3 Å². The van der Waals surface area contributed by atoms with Gasteiger partial charge in [-0.05, 0) is 50.1 Å². The van der Waals surface area contributed by atoms with Gasteiger partial charge in [0.25, 0.3) is 5.91 Å². The normalized spacial score (nSPS) is 21.0. The first-order chi connectivity index (χ1) is 10.1. The second-order valence-corrected chi connectivity index (χ2v) is 5.47. The van der Waals surface area contributed by atoms with Gasteiger partial charge in [0.2, 0.25) is 5.91 Å². The second-order valence-electron chi connectivity index (χ2n) is 5.47. The molecule has 1 aromatic rings. The Morgan fingerprint density at radius 3 is 2.52 bits per heavy atom. The minimum Gasteiger partial charge on any atom is -0.355 e. The van der Waals surface area contributed by atoms with Crippen LogP contribution in [-0.4, -0.2) is 30.9 Å². The summed E-state index contributed by atoms with van der Waals surface area (Å²) >= 11 is 0. The van der Waals surface area contributed by atoms with Crippen LogP contribution in [0.3, 0.4) is 0 Å². The molecule has 0 saturated carbocycles. The third kappa shape index (κ3) is 3.42. The molecule has 0 spiro atoms. The summed E-state index contributed by atoms with van der Waals surface area (Å²) in [7, 11) is 1.60. The zero-order valence-electron chi connectivity index (χ0n) is 12.7. The molecule has 114 valence electrons. The molecular formula is C16H23N3O2. The number of carbonyl (C=O) groups is 2. The summed E-state index contributed by atoms with van der Waals surface area (Å²) in [6, 6.07) is 6.94. The van der Waals surface area contributed by atoms with E-state index < -0.39 is 5.54 Å². The van der Waals surface area contributed by atoms with E-state index in [0.29, 0.717) is 5.56 Å². The molecule has 0 bridgehead atoms. The van der Waals surface area contributed by atoms with Crippen LogP contribution in [0.4, 0.5) is 5.69 Å². The van der Waals surface area contributed by atoms with Crippen molar-refractivity contribution in [3.05, 3.63) is 29.8 Å². The zero-order chi connectivity index (χ0) is 15.3. The molecule has 1 aromatic carbocycles. The van der Waals surface area contributed by atoms with Gasteiger partial charge < -0.3 is 16.0 Å². The van der Waals surface area contributed by atoms with Gasteiger partial charge in [-0.15, -0.1) is 0 Å². The summed E-state index contributed by atoms with van der Waals surface area (Å²) in [5.74, 6) is -0.109. The van der Waals surface area contributed by atoms with E-state index >= 15 is 0 Å². The molecular weight excluding hydrogens is 266 g/mol. The highest BCUT2D eigenvalue weighted by atomic mass is 16.2. The van der Waals surface area contributed by atoms with E-state index in [-0.39, 0.29) is 11.8 Å². The van der Waals surface area contributed by atoms with Crippen LogP contribution in [-0.2, 0) is 4.79 Å². The Morgan fingerprint density at radius 2 is 2.00 bits per heavy atom. The molecule has 1 atom stereocenters. The Labute approximate surface area is 125 Å². The molecule has 1 aliphatic rings. The largest absolute Gasteiger partial charge is 0.355 e. The van der Waals surface area contributed by atoms with Crippen LogP contribution in [0.1, 0.15) is 43.0 Å². The minimum atomic E-state index is -0.436. The van der Waals surface area contributed by atoms with Crippen molar-refractivity contribution in [1.82, 2.24) is 10.6 Å². The van der Waals surface area contributed by atoms with Gasteiger partial charge >= 0.3 is 0 Å². The fourth-order valence-electron chi connectivity index (χ4n) is 2.85. The van der Waals surface area contributed by atoms with Crippen LogP contribution in [0.25, 0.3) is 0 Å². The maximum atomic E-state index is 12.5. The number of benzene rings is 1. The molecule has 2 amide bonds. The van der Waals surface area contributed by atoms with Crippen molar-refractivity contribution in [2.24, 2.45) is 0 Å². The highest BCUT2D eigenvalue weighted by molar-refractivity contribution is 5.99. The molecule has 1 saturated heterocycles. The number of carbonyl (C=O) groups excluding carboxylic acids is 2. The van der Waals surface area contributed by atoms with E-state index in [1.54, 1.807) is 31.3 Å². The number of hydrogen-bond acceptors (Lipinski definition) is 3. The van der Waals surface area contributed by atoms with Crippen LogP contribution >= 0.6 is 0 Å². The predicted molar refractivity (Wildman–Crippen MR) is 83.3 cm³/mol. The Balaban J connectivity index is 2.06. The summed E-state index contributed by atoms with van der Waals surface area (Å²) in [5.41, 5.74) is 0.864. The van der Waals surface area contributed by atoms with Crippen LogP contribution in [0.5, 0.6) is 0 Å². The molecule has 0 radical (unpaired) electrons. The van der Waals surface area contributed by atoms with Crippen molar-refractivity contribution < 1.29 is 9.59 Å². The van der Waals surface area contributed by atoms with E-state index in [4.69, 9.17) is 0 Å². The molecule has 21 heavy (non-hydrogen) atoms. The molecule has 3 N–H and O–H groups in total. The van der Waals surface area contributed by atoms with Gasteiger partial charge in [-0.25, -0.2) is 0 Å². The summed E-state index contributed by atoms with van der Waals surface area (Å²) in [6.07, 6.45) is 3.72. The lowest BCUT2D eigenvalue weighted by Crippen LogP contribution is -2.50. The number of amides is 2. The lowest BCUT2D eigenvalue weighted by atomic mass is 9.90. The fourth-order valence-corrected chi connectivity index (χ4v) is 2.85. The average molecular weight is 289 g/mol. The highest BCUT2D eigenvalue weighted by Crippen LogP contribution is 2.26. The third-order valence-electron chi connectivity index (χ3n) is 3.99. The third-order valence-corrected chi connectivity index (χ3v) is 3.99. The van der Waals surface area contributed by atoms with Gasteiger partial charge in [-0.1, -0.05) is 13.3 Å². The van der Waals surface area contributed by atoms with Crippen LogP contribution in [0.2, 0.25) is 0 Å². The van der Waals surface area contributed by atoms with Crippen LogP contribution < -0.4 is 16.0 Å². The molecule has 1 fully saturated rings. The molecule has 0 aromatic heterocycles. The lowest BCUT2D eigenvalue weighted by molar-refractivity contribution is -0.122. The van der Waals surface area contributed by atoms with Crippen molar-refractivity contribution in [2.75, 3.05) is 18.9 Å². The Hall–Kier alpha value is -1.88. The highest BCUT2D eigenvalue weighted by Gasteiger charge is 2.39. The van der Waals surface area contributed by atoms with Gasteiger partial charge in [-0.3, -0.25) is 9.59 Å². The molecule has 1 unspecified atom stereocenters. The maximum absolute atomic E-state index is 12.5.